The summed E-state index contributed by atoms with van der Waals surface area (Å²) < 4.78 is 22.6. The molecule has 0 radical (unpaired) electrons. The number of rotatable bonds is 27. The van der Waals surface area contributed by atoms with Crippen LogP contribution in [0.3, 0.4) is 0 Å². The second-order valence-corrected chi connectivity index (χ2v) is 19.7. The van der Waals surface area contributed by atoms with E-state index in [-0.39, 0.29) is 50.1 Å². The molecule has 24 nitrogen and oxygen atoms in total. The van der Waals surface area contributed by atoms with Crippen molar-refractivity contribution in [2.45, 2.75) is 12.2 Å². The summed E-state index contributed by atoms with van der Waals surface area (Å²) in [5.41, 5.74) is 29.1. The van der Waals surface area contributed by atoms with Crippen molar-refractivity contribution in [3.05, 3.63) is 95.0 Å². The molecule has 80 heavy (non-hydrogen) atoms. The molecule has 4 aromatic carbocycles. The molecule has 0 bridgehead atoms. The van der Waals surface area contributed by atoms with Gasteiger partial charge in [-0.15, -0.1) is 0 Å². The van der Waals surface area contributed by atoms with E-state index in [0.29, 0.717) is 72.1 Å². The highest BCUT2D eigenvalue weighted by molar-refractivity contribution is 6.31. The van der Waals surface area contributed by atoms with Gasteiger partial charge < -0.3 is 72.5 Å². The predicted molar refractivity (Wildman–Crippen MR) is 310 cm³/mol. The van der Waals surface area contributed by atoms with Crippen LogP contribution < -0.4 is 43.4 Å². The number of guanidine groups is 2. The lowest BCUT2D eigenvalue weighted by molar-refractivity contribution is -0.146. The molecule has 12 N–H and O–H groups in total. The zero-order valence-electron chi connectivity index (χ0n) is 44.3. The van der Waals surface area contributed by atoms with E-state index in [9.17, 15) is 19.8 Å². The van der Waals surface area contributed by atoms with Crippen molar-refractivity contribution >= 4 is 92.0 Å². The Hall–Kier alpha value is -7.10. The van der Waals surface area contributed by atoms with Gasteiger partial charge in [0.15, 0.2) is 24.1 Å². The highest BCUT2D eigenvalue weighted by Gasteiger charge is 2.30. The molecule has 8 rings (SSSR count). The zero-order valence-corrected chi connectivity index (χ0v) is 45.8. The fraction of sp³-hybridized carbons (Fsp3) is 0.407. The van der Waals surface area contributed by atoms with Crippen LogP contribution in [0.15, 0.2) is 94.9 Å². The summed E-state index contributed by atoms with van der Waals surface area (Å²) in [7, 11) is 0. The SMILES string of the molecule is NC(N)=Nc1nc(-c2ccc(N3CCN(CCOCCOCCNC(=O)[C@H](O)[C@@H](O)C(=O)NCCOCCOCCN4CCN(c5ccc(-c6nc(N=C(N)N)nc7ccc(Cl)cc67)cc5)CC4)CC3)cc2)c2cc(Cl)ccc2n1. The molecule has 4 heterocycles. The van der Waals surface area contributed by atoms with Gasteiger partial charge in [-0.2, -0.15) is 9.98 Å². The van der Waals surface area contributed by atoms with E-state index in [1.807, 2.05) is 48.5 Å². The third kappa shape index (κ3) is 17.0. The maximum absolute atomic E-state index is 12.4. The van der Waals surface area contributed by atoms with Gasteiger partial charge in [0.05, 0.1) is 75.3 Å². The van der Waals surface area contributed by atoms with Gasteiger partial charge in [-0.05, 0) is 60.7 Å². The molecule has 26 heteroatoms. The van der Waals surface area contributed by atoms with Crippen molar-refractivity contribution in [3.8, 4) is 22.5 Å². The maximum Gasteiger partial charge on any atom is 0.253 e. The number of nitrogens with zero attached hydrogens (tertiary/aromatic N) is 10. The van der Waals surface area contributed by atoms with Crippen molar-refractivity contribution in [3.63, 3.8) is 0 Å². The number of amides is 2. The third-order valence-electron chi connectivity index (χ3n) is 13.3. The molecule has 426 valence electrons. The maximum atomic E-state index is 12.4. The van der Waals surface area contributed by atoms with Gasteiger partial charge in [-0.3, -0.25) is 19.4 Å². The first kappa shape index (κ1) is 59.0. The molecule has 6 aromatic rings. The molecule has 2 amide bonds. The number of aliphatic hydroxyl groups excluding tert-OH is 2. The average molecular weight is 1140 g/mol. The number of carbonyl (C=O) groups excluding carboxylic acids is 2. The average Bonchev–Trinajstić information content (AvgIpc) is 3.47. The zero-order chi connectivity index (χ0) is 56.4. The van der Waals surface area contributed by atoms with E-state index in [1.54, 1.807) is 12.1 Å². The van der Waals surface area contributed by atoms with Crippen LogP contribution in [0.25, 0.3) is 44.3 Å². The number of nitrogens with two attached hydrogens (primary N) is 4. The summed E-state index contributed by atoms with van der Waals surface area (Å²) in [4.78, 5) is 60.4. The molecular weight excluding hydrogens is 1070 g/mol. The van der Waals surface area contributed by atoms with E-state index in [0.717, 1.165) is 98.7 Å². The van der Waals surface area contributed by atoms with E-state index < -0.39 is 24.0 Å². The third-order valence-corrected chi connectivity index (χ3v) is 13.8. The van der Waals surface area contributed by atoms with Gasteiger partial charge in [0, 0.05) is 122 Å². The normalized spacial score (nSPS) is 14.9. The van der Waals surface area contributed by atoms with Crippen LogP contribution in [0.2, 0.25) is 10.0 Å². The van der Waals surface area contributed by atoms with Gasteiger partial charge in [0.1, 0.15) is 0 Å². The highest BCUT2D eigenvalue weighted by Crippen LogP contribution is 2.33. The van der Waals surface area contributed by atoms with Crippen LogP contribution in [0, 0.1) is 0 Å². The number of piperazine rings is 2. The van der Waals surface area contributed by atoms with Crippen LogP contribution in [0.1, 0.15) is 0 Å². The molecule has 2 saturated heterocycles. The number of aliphatic hydroxyl groups is 2. The summed E-state index contributed by atoms with van der Waals surface area (Å²) in [6, 6.07) is 27.2. The summed E-state index contributed by atoms with van der Waals surface area (Å²) in [6.45, 7) is 11.4. The number of benzene rings is 4. The van der Waals surface area contributed by atoms with Crippen molar-refractivity contribution in [2.24, 2.45) is 32.9 Å². The molecule has 2 aromatic heterocycles. The number of anilines is 2. The Morgan fingerprint density at radius 1 is 0.512 bits per heavy atom. The highest BCUT2D eigenvalue weighted by atomic mass is 35.5. The van der Waals surface area contributed by atoms with Crippen LogP contribution >= 0.6 is 23.2 Å². The number of aromatic nitrogens is 4. The van der Waals surface area contributed by atoms with Crippen molar-refractivity contribution in [2.75, 3.05) is 141 Å². The first-order valence-corrected chi connectivity index (χ1v) is 27.1. The molecule has 2 aliphatic heterocycles. The molecule has 2 aliphatic rings. The van der Waals surface area contributed by atoms with Gasteiger partial charge in [-0.1, -0.05) is 47.5 Å². The van der Waals surface area contributed by atoms with Gasteiger partial charge in [0.2, 0.25) is 0 Å². The summed E-state index contributed by atoms with van der Waals surface area (Å²) in [5.74, 6) is -1.70. The van der Waals surface area contributed by atoms with Crippen molar-refractivity contribution < 1.29 is 38.7 Å². The van der Waals surface area contributed by atoms with Crippen molar-refractivity contribution in [1.29, 1.82) is 0 Å². The van der Waals surface area contributed by atoms with E-state index >= 15 is 0 Å². The second kappa shape index (κ2) is 29.4. The van der Waals surface area contributed by atoms with Gasteiger partial charge in [-0.25, -0.2) is 19.9 Å². The minimum atomic E-state index is -1.96. The minimum absolute atomic E-state index is 0.0694. The summed E-state index contributed by atoms with van der Waals surface area (Å²) >= 11 is 12.6. The Morgan fingerprint density at radius 2 is 0.875 bits per heavy atom. The number of hydrogen-bond donors (Lipinski definition) is 8. The number of halogens is 2. The van der Waals surface area contributed by atoms with Crippen LogP contribution in [0.4, 0.5) is 23.3 Å². The van der Waals surface area contributed by atoms with Crippen LogP contribution in [-0.2, 0) is 28.5 Å². The number of ether oxygens (including phenoxy) is 4. The number of fused-ring (bicyclic) bond motifs is 2. The Kier molecular flexibility index (Phi) is 21.7. The molecule has 0 saturated carbocycles. The quantitative estimate of drug-likeness (QED) is 0.0208. The topological polar surface area (TPSA) is 329 Å². The smallest absolute Gasteiger partial charge is 0.253 e. The number of carbonyl (C=O) groups is 2. The minimum Gasteiger partial charge on any atom is -0.380 e. The molecule has 0 aliphatic carbocycles. The Morgan fingerprint density at radius 3 is 1.24 bits per heavy atom. The largest absolute Gasteiger partial charge is 0.380 e. The Bertz CT molecular complexity index is 2860. The molecule has 0 unspecified atom stereocenters. The molecule has 2 atom stereocenters. The molecular formula is C54H68Cl2N16O8. The fourth-order valence-corrected chi connectivity index (χ4v) is 9.43. The van der Waals surface area contributed by atoms with E-state index in [1.165, 1.54) is 0 Å². The first-order valence-electron chi connectivity index (χ1n) is 26.3. The Labute approximate surface area is 473 Å². The van der Waals surface area contributed by atoms with Crippen molar-refractivity contribution in [1.82, 2.24) is 40.4 Å². The number of hydrogen-bond acceptors (Lipinski definition) is 18. The Balaban J connectivity index is 0.607. The monoisotopic (exact) mass is 1140 g/mol. The van der Waals surface area contributed by atoms with Crippen LogP contribution in [-0.4, -0.2) is 207 Å². The van der Waals surface area contributed by atoms with Gasteiger partial charge in [0.25, 0.3) is 23.7 Å². The standard InChI is InChI=1S/C54H68Cl2N16O8/c55-37-5-11-43-41(33-37)45(65-53(63-43)67-51(57)58)35-1-7-39(8-2-35)71-19-15-69(16-20-71)23-27-79-31-29-77-25-13-61-49(75)47(73)48(74)50(76)62-14-26-78-30-32-80-28-24-70-17-21-72(22-18-70)40-9-3-36(4-10-40)46-42-34-38(56)6-12-44(42)64-54(66-46)68-52(59)60/h1-12,33-34,47-48,73-74H,13-32H2,(H,61,75)(H,62,76)(H4,57,58,63,65,67)(H4,59,60,64,66,68)/t47-,48-/m1/s1. The van der Waals surface area contributed by atoms with Crippen LogP contribution in [0.5, 0.6) is 0 Å². The van der Waals surface area contributed by atoms with E-state index in [4.69, 9.17) is 65.1 Å². The fourth-order valence-electron chi connectivity index (χ4n) is 9.09. The summed E-state index contributed by atoms with van der Waals surface area (Å²) in [5, 5.41) is 28.2. The second-order valence-electron chi connectivity index (χ2n) is 18.8. The lowest BCUT2D eigenvalue weighted by atomic mass is 10.1. The number of nitrogens with one attached hydrogen (secondary N) is 2. The number of aliphatic imine (C=N–C) groups is 2. The molecule has 2 fully saturated rings. The predicted octanol–water partition coefficient (Wildman–Crippen LogP) is 1.99. The molecule has 0 spiro atoms. The van der Waals surface area contributed by atoms with Gasteiger partial charge >= 0.3 is 0 Å². The lowest BCUT2D eigenvalue weighted by Crippen LogP contribution is -2.50. The first-order chi connectivity index (χ1) is 38.8. The summed E-state index contributed by atoms with van der Waals surface area (Å²) in [6.07, 6.45) is -3.92. The van der Waals surface area contributed by atoms with E-state index in [2.05, 4.69) is 84.4 Å². The lowest BCUT2D eigenvalue weighted by Gasteiger charge is -2.36.